The number of thiophene rings is 1. The minimum Gasteiger partial charge on any atom is -0.388 e. The Kier molecular flexibility index (Phi) is 5.57. The van der Waals surface area contributed by atoms with Crippen LogP contribution >= 0.6 is 11.3 Å². The summed E-state index contributed by atoms with van der Waals surface area (Å²) >= 11 is 1.79. The second-order valence-electron chi connectivity index (χ2n) is 5.48. The second-order valence-corrected chi connectivity index (χ2v) is 6.85. The minimum atomic E-state index is -0.779. The van der Waals surface area contributed by atoms with Crippen molar-refractivity contribution in [3.05, 3.63) is 21.9 Å². The van der Waals surface area contributed by atoms with Gasteiger partial charge in [-0.1, -0.05) is 0 Å². The molecule has 1 amide bonds. The fourth-order valence-electron chi connectivity index (χ4n) is 2.32. The predicted octanol–water partition coefficient (Wildman–Crippen LogP) is 2.04. The molecule has 2 rings (SSSR count). The lowest BCUT2D eigenvalue weighted by Gasteiger charge is -2.32. The maximum Gasteiger partial charge on any atom is 0.220 e. The fourth-order valence-corrected chi connectivity index (χ4v) is 3.25. The lowest BCUT2D eigenvalue weighted by atomic mass is 9.94. The van der Waals surface area contributed by atoms with Gasteiger partial charge in [-0.15, -0.1) is 11.3 Å². The molecule has 0 radical (unpaired) electrons. The van der Waals surface area contributed by atoms with Gasteiger partial charge in [-0.05, 0) is 31.9 Å². The van der Waals surface area contributed by atoms with Crippen molar-refractivity contribution in [1.82, 2.24) is 5.32 Å². The highest BCUT2D eigenvalue weighted by molar-refractivity contribution is 7.11. The first-order valence-corrected chi connectivity index (χ1v) is 8.01. The summed E-state index contributed by atoms with van der Waals surface area (Å²) in [5, 5.41) is 13.1. The Labute approximate surface area is 124 Å². The van der Waals surface area contributed by atoms with E-state index in [9.17, 15) is 9.90 Å². The van der Waals surface area contributed by atoms with Crippen LogP contribution in [0.4, 0.5) is 0 Å². The van der Waals surface area contributed by atoms with E-state index in [4.69, 9.17) is 4.74 Å². The van der Waals surface area contributed by atoms with Crippen LogP contribution in [-0.2, 0) is 16.0 Å². The fraction of sp³-hybridized carbons (Fsp3) is 0.667. The Bertz CT molecular complexity index is 438. The number of amides is 1. The summed E-state index contributed by atoms with van der Waals surface area (Å²) in [7, 11) is 0. The van der Waals surface area contributed by atoms with E-state index in [0.29, 0.717) is 39.0 Å². The lowest BCUT2D eigenvalue weighted by molar-refractivity contribution is -0.124. The number of nitrogens with one attached hydrogen (secondary N) is 1. The number of aliphatic hydroxyl groups is 1. The van der Waals surface area contributed by atoms with E-state index in [0.717, 1.165) is 12.8 Å². The van der Waals surface area contributed by atoms with E-state index < -0.39 is 5.60 Å². The van der Waals surface area contributed by atoms with Gasteiger partial charge in [0.05, 0.1) is 5.60 Å². The topological polar surface area (TPSA) is 58.6 Å². The van der Waals surface area contributed by atoms with Crippen molar-refractivity contribution in [3.63, 3.8) is 0 Å². The molecule has 0 aliphatic carbocycles. The zero-order valence-corrected chi connectivity index (χ0v) is 12.8. The largest absolute Gasteiger partial charge is 0.388 e. The van der Waals surface area contributed by atoms with Crippen LogP contribution in [0.15, 0.2) is 12.1 Å². The summed E-state index contributed by atoms with van der Waals surface area (Å²) in [5.41, 5.74) is -0.779. The van der Waals surface area contributed by atoms with Gasteiger partial charge in [0.15, 0.2) is 0 Å². The van der Waals surface area contributed by atoms with Crippen LogP contribution in [0.25, 0.3) is 0 Å². The molecule has 112 valence electrons. The number of hydrogen-bond donors (Lipinski definition) is 2. The zero-order valence-electron chi connectivity index (χ0n) is 12.0. The summed E-state index contributed by atoms with van der Waals surface area (Å²) in [6.07, 6.45) is 3.52. The van der Waals surface area contributed by atoms with Gasteiger partial charge in [0, 0.05) is 48.8 Å². The molecule has 1 aliphatic rings. The van der Waals surface area contributed by atoms with Gasteiger partial charge in [0.2, 0.25) is 5.91 Å². The third-order valence-electron chi connectivity index (χ3n) is 3.66. The van der Waals surface area contributed by atoms with Crippen molar-refractivity contribution < 1.29 is 14.6 Å². The molecule has 1 saturated heterocycles. The van der Waals surface area contributed by atoms with Crippen LogP contribution in [0.5, 0.6) is 0 Å². The third-order valence-corrected chi connectivity index (χ3v) is 4.72. The molecule has 1 aliphatic heterocycles. The summed E-state index contributed by atoms with van der Waals surface area (Å²) in [6.45, 7) is 3.58. The number of carbonyl (C=O) groups is 1. The molecule has 2 heterocycles. The molecule has 0 saturated carbocycles. The Morgan fingerprint density at radius 1 is 1.45 bits per heavy atom. The molecular formula is C15H23NO3S. The highest BCUT2D eigenvalue weighted by Crippen LogP contribution is 2.19. The molecule has 0 unspecified atom stereocenters. The number of carbonyl (C=O) groups excluding carboxylic acids is 1. The van der Waals surface area contributed by atoms with Crippen molar-refractivity contribution in [2.24, 2.45) is 0 Å². The van der Waals surface area contributed by atoms with Gasteiger partial charge in [0.25, 0.3) is 0 Å². The van der Waals surface area contributed by atoms with Crippen LogP contribution in [0.3, 0.4) is 0 Å². The third kappa shape index (κ3) is 4.89. The van der Waals surface area contributed by atoms with Crippen LogP contribution in [-0.4, -0.2) is 36.4 Å². The summed E-state index contributed by atoms with van der Waals surface area (Å²) in [6, 6.07) is 4.24. The molecule has 4 nitrogen and oxygen atoms in total. The van der Waals surface area contributed by atoms with E-state index in [2.05, 4.69) is 24.4 Å². The van der Waals surface area contributed by atoms with Crippen LogP contribution in [0, 0.1) is 6.92 Å². The van der Waals surface area contributed by atoms with E-state index in [1.54, 1.807) is 11.3 Å². The lowest BCUT2D eigenvalue weighted by Crippen LogP contribution is -2.46. The predicted molar refractivity (Wildman–Crippen MR) is 80.0 cm³/mol. The minimum absolute atomic E-state index is 0.0261. The molecule has 1 fully saturated rings. The first kappa shape index (κ1) is 15.5. The Morgan fingerprint density at radius 3 is 2.85 bits per heavy atom. The summed E-state index contributed by atoms with van der Waals surface area (Å²) in [4.78, 5) is 14.4. The Balaban J connectivity index is 1.62. The highest BCUT2D eigenvalue weighted by atomic mass is 32.1. The summed E-state index contributed by atoms with van der Waals surface area (Å²) in [5.74, 6) is 0.0261. The molecule has 0 spiro atoms. The molecule has 0 bridgehead atoms. The van der Waals surface area contributed by atoms with E-state index >= 15 is 0 Å². The van der Waals surface area contributed by atoms with Crippen molar-refractivity contribution in [2.45, 2.75) is 44.6 Å². The average molecular weight is 297 g/mol. The standard InChI is InChI=1S/C15H23NO3S/c1-12-5-6-13(20-12)3-2-4-14(17)16-11-15(18)7-9-19-10-8-15/h5-6,18H,2-4,7-11H2,1H3,(H,16,17). The molecular weight excluding hydrogens is 274 g/mol. The van der Waals surface area contributed by atoms with Crippen LogP contribution < -0.4 is 5.32 Å². The van der Waals surface area contributed by atoms with Crippen molar-refractivity contribution >= 4 is 17.2 Å². The zero-order chi connectivity index (χ0) is 14.4. The highest BCUT2D eigenvalue weighted by Gasteiger charge is 2.29. The maximum absolute atomic E-state index is 11.8. The smallest absolute Gasteiger partial charge is 0.220 e. The summed E-state index contributed by atoms with van der Waals surface area (Å²) < 4.78 is 5.22. The number of ether oxygens (including phenoxy) is 1. The monoisotopic (exact) mass is 297 g/mol. The van der Waals surface area contributed by atoms with Crippen molar-refractivity contribution in [1.29, 1.82) is 0 Å². The Hall–Kier alpha value is -0.910. The number of aryl methyl sites for hydroxylation is 2. The van der Waals surface area contributed by atoms with Gasteiger partial charge in [0.1, 0.15) is 0 Å². The van der Waals surface area contributed by atoms with Gasteiger partial charge < -0.3 is 15.2 Å². The van der Waals surface area contributed by atoms with Crippen LogP contribution in [0.2, 0.25) is 0 Å². The molecule has 0 aromatic carbocycles. The van der Waals surface area contributed by atoms with E-state index in [1.807, 2.05) is 0 Å². The quantitative estimate of drug-likeness (QED) is 0.845. The molecule has 0 atom stereocenters. The Morgan fingerprint density at radius 2 is 2.20 bits per heavy atom. The normalized spacial score (nSPS) is 17.9. The van der Waals surface area contributed by atoms with Gasteiger partial charge >= 0.3 is 0 Å². The van der Waals surface area contributed by atoms with E-state index in [-0.39, 0.29) is 5.91 Å². The van der Waals surface area contributed by atoms with Crippen molar-refractivity contribution in [2.75, 3.05) is 19.8 Å². The molecule has 1 aromatic heterocycles. The first-order valence-electron chi connectivity index (χ1n) is 7.20. The van der Waals surface area contributed by atoms with Crippen molar-refractivity contribution in [3.8, 4) is 0 Å². The van der Waals surface area contributed by atoms with Gasteiger partial charge in [-0.2, -0.15) is 0 Å². The number of rotatable bonds is 6. The van der Waals surface area contributed by atoms with Gasteiger partial charge in [-0.25, -0.2) is 0 Å². The number of hydrogen-bond acceptors (Lipinski definition) is 4. The maximum atomic E-state index is 11.8. The molecule has 5 heteroatoms. The SMILES string of the molecule is Cc1ccc(CCCC(=O)NCC2(O)CCOCC2)s1. The molecule has 1 aromatic rings. The average Bonchev–Trinajstić information content (AvgIpc) is 2.83. The first-order chi connectivity index (χ1) is 9.57. The molecule has 2 N–H and O–H groups in total. The van der Waals surface area contributed by atoms with Crippen LogP contribution in [0.1, 0.15) is 35.4 Å². The van der Waals surface area contributed by atoms with Gasteiger partial charge in [-0.3, -0.25) is 4.79 Å². The molecule has 20 heavy (non-hydrogen) atoms. The van der Waals surface area contributed by atoms with E-state index in [1.165, 1.54) is 9.75 Å². The second kappa shape index (κ2) is 7.20.